The number of carbonyl (C=O) groups excluding carboxylic acids is 1. The number of fused-ring (bicyclic) bond motifs is 2. The summed E-state index contributed by atoms with van der Waals surface area (Å²) in [7, 11) is -8.63. The van der Waals surface area contributed by atoms with E-state index in [4.69, 9.17) is 10.3 Å². The maximum Gasteiger partial charge on any atom is 0.264 e. The molecule has 0 spiro atoms. The highest BCUT2D eigenvalue weighted by molar-refractivity contribution is 7.86. The van der Waals surface area contributed by atoms with Crippen molar-refractivity contribution in [3.63, 3.8) is 0 Å². The predicted molar refractivity (Wildman–Crippen MR) is 184 cm³/mol. The Morgan fingerprint density at radius 1 is 0.915 bits per heavy atom. The van der Waals surface area contributed by atoms with Crippen LogP contribution in [0.4, 0.5) is 11.4 Å². The summed E-state index contributed by atoms with van der Waals surface area (Å²) in [6.07, 6.45) is 13.5. The van der Waals surface area contributed by atoms with E-state index in [1.54, 1.807) is 6.07 Å². The SMILES string of the molecule is CC1(C)C(/C=C/C=C/C=C2\N(CCCCCC(N)=O)c3ccc(S(=O)(=O)[O-])cc3C2(C)C)=[N+](CCCCS(=O)(=O)O)c2ccccc21. The third kappa shape index (κ3) is 8.48. The Hall–Kier alpha value is -3.58. The van der Waals surface area contributed by atoms with E-state index in [1.807, 2.05) is 50.3 Å². The van der Waals surface area contributed by atoms with Gasteiger partial charge in [0.2, 0.25) is 11.6 Å². The van der Waals surface area contributed by atoms with Gasteiger partial charge in [0.1, 0.15) is 16.7 Å². The maximum atomic E-state index is 11.8. The zero-order valence-corrected chi connectivity index (χ0v) is 29.1. The van der Waals surface area contributed by atoms with E-state index in [0.29, 0.717) is 38.8 Å². The molecular weight excluding hydrogens is 639 g/mol. The van der Waals surface area contributed by atoms with Crippen molar-refractivity contribution in [2.24, 2.45) is 5.73 Å². The number of primary amides is 1. The largest absolute Gasteiger partial charge is 0.744 e. The van der Waals surface area contributed by atoms with Crippen LogP contribution in [0.2, 0.25) is 0 Å². The monoisotopic (exact) mass is 683 g/mol. The average Bonchev–Trinajstić information content (AvgIpc) is 3.32. The van der Waals surface area contributed by atoms with Gasteiger partial charge in [-0.15, -0.1) is 0 Å². The Bertz CT molecular complexity index is 1850. The van der Waals surface area contributed by atoms with Gasteiger partial charge in [0, 0.05) is 53.9 Å². The molecule has 0 fully saturated rings. The van der Waals surface area contributed by atoms with Crippen LogP contribution in [0, 0.1) is 0 Å². The fourth-order valence-corrected chi connectivity index (χ4v) is 7.66. The number of carbonyl (C=O) groups is 1. The van der Waals surface area contributed by atoms with E-state index in [2.05, 4.69) is 41.5 Å². The molecule has 0 saturated carbocycles. The van der Waals surface area contributed by atoms with Gasteiger partial charge < -0.3 is 15.2 Å². The zero-order valence-electron chi connectivity index (χ0n) is 27.5. The smallest absolute Gasteiger partial charge is 0.264 e. The van der Waals surface area contributed by atoms with Gasteiger partial charge in [-0.3, -0.25) is 9.35 Å². The molecule has 1 amide bonds. The number of hydrogen-bond donors (Lipinski definition) is 2. The molecule has 0 aromatic heterocycles. The van der Waals surface area contributed by atoms with Crippen LogP contribution in [-0.4, -0.2) is 61.0 Å². The molecule has 2 aromatic carbocycles. The Labute approximate surface area is 278 Å². The van der Waals surface area contributed by atoms with Crippen molar-refractivity contribution in [1.29, 1.82) is 0 Å². The number of nitrogens with zero attached hydrogens (tertiary/aromatic N) is 2. The van der Waals surface area contributed by atoms with Gasteiger partial charge >= 0.3 is 0 Å². The number of benzene rings is 2. The number of anilines is 1. The molecule has 3 N–H and O–H groups in total. The minimum atomic E-state index is -4.62. The third-order valence-corrected chi connectivity index (χ3v) is 10.7. The Kier molecular flexibility index (Phi) is 11.0. The number of nitrogens with two attached hydrogens (primary N) is 1. The molecule has 2 aliphatic rings. The summed E-state index contributed by atoms with van der Waals surface area (Å²) in [4.78, 5) is 13.1. The fraction of sp³-hybridized carbons (Fsp3) is 0.429. The first-order valence-corrected chi connectivity index (χ1v) is 18.9. The second-order valence-corrected chi connectivity index (χ2v) is 16.1. The summed E-state index contributed by atoms with van der Waals surface area (Å²) >= 11 is 0. The molecule has 12 heteroatoms. The number of amides is 1. The third-order valence-electron chi connectivity index (χ3n) is 9.02. The number of unbranched alkanes of at least 4 members (excludes halogenated alkanes) is 3. The predicted octanol–water partition coefficient (Wildman–Crippen LogP) is 5.47. The van der Waals surface area contributed by atoms with Crippen molar-refractivity contribution in [1.82, 2.24) is 0 Å². The summed E-state index contributed by atoms with van der Waals surface area (Å²) in [5, 5.41) is 0. The second kappa shape index (κ2) is 14.3. The van der Waals surface area contributed by atoms with Crippen LogP contribution < -0.4 is 10.6 Å². The van der Waals surface area contributed by atoms with Crippen LogP contribution in [-0.2, 0) is 35.9 Å². The Balaban J connectivity index is 1.61. The van der Waals surface area contributed by atoms with Gasteiger partial charge in [0.05, 0.1) is 16.1 Å². The van der Waals surface area contributed by atoms with E-state index in [0.717, 1.165) is 41.2 Å². The maximum absolute atomic E-state index is 11.8. The fourth-order valence-electron chi connectivity index (χ4n) is 6.59. The Morgan fingerprint density at radius 2 is 1.64 bits per heavy atom. The van der Waals surface area contributed by atoms with Gasteiger partial charge in [0.15, 0.2) is 5.71 Å². The summed E-state index contributed by atoms with van der Waals surface area (Å²) < 4.78 is 69.3. The number of rotatable bonds is 15. The summed E-state index contributed by atoms with van der Waals surface area (Å²) in [5.41, 5.74) is 10.3. The van der Waals surface area contributed by atoms with Gasteiger partial charge in [-0.1, -0.05) is 56.7 Å². The van der Waals surface area contributed by atoms with Crippen molar-refractivity contribution < 1.29 is 35.3 Å². The lowest BCUT2D eigenvalue weighted by molar-refractivity contribution is -0.438. The van der Waals surface area contributed by atoms with Crippen LogP contribution in [0.3, 0.4) is 0 Å². The summed E-state index contributed by atoms with van der Waals surface area (Å²) in [5.74, 6) is -0.598. The summed E-state index contributed by atoms with van der Waals surface area (Å²) in [6.45, 7) is 9.57. The van der Waals surface area contributed by atoms with E-state index in [9.17, 15) is 26.2 Å². The highest BCUT2D eigenvalue weighted by Gasteiger charge is 2.44. The lowest BCUT2D eigenvalue weighted by Crippen LogP contribution is -2.28. The lowest BCUT2D eigenvalue weighted by atomic mass is 9.81. The molecule has 2 aromatic rings. The number of hydrogen-bond acceptors (Lipinski definition) is 7. The molecule has 0 atom stereocenters. The van der Waals surface area contributed by atoms with Crippen molar-refractivity contribution in [2.45, 2.75) is 81.9 Å². The Morgan fingerprint density at radius 3 is 2.32 bits per heavy atom. The molecule has 47 heavy (non-hydrogen) atoms. The van der Waals surface area contributed by atoms with E-state index in [-0.39, 0.29) is 22.0 Å². The van der Waals surface area contributed by atoms with Crippen molar-refractivity contribution >= 4 is 43.2 Å². The molecule has 0 saturated heterocycles. The van der Waals surface area contributed by atoms with Gasteiger partial charge in [-0.05, 0) is 62.9 Å². The normalized spacial score (nSPS) is 18.1. The van der Waals surface area contributed by atoms with Crippen molar-refractivity contribution in [3.8, 4) is 0 Å². The van der Waals surface area contributed by atoms with Crippen molar-refractivity contribution in [2.75, 3.05) is 23.7 Å². The van der Waals surface area contributed by atoms with E-state index >= 15 is 0 Å². The molecule has 0 radical (unpaired) electrons. The average molecular weight is 684 g/mol. The zero-order chi connectivity index (χ0) is 34.6. The van der Waals surface area contributed by atoms with Crippen LogP contribution in [0.15, 0.2) is 83.4 Å². The minimum absolute atomic E-state index is 0.259. The first-order chi connectivity index (χ1) is 21.9. The highest BCUT2D eigenvalue weighted by atomic mass is 32.2. The van der Waals surface area contributed by atoms with Crippen LogP contribution in [0.5, 0.6) is 0 Å². The first kappa shape index (κ1) is 36.3. The van der Waals surface area contributed by atoms with E-state index in [1.165, 1.54) is 17.7 Å². The lowest BCUT2D eigenvalue weighted by Gasteiger charge is -2.27. The van der Waals surface area contributed by atoms with Gasteiger partial charge in [-0.2, -0.15) is 13.0 Å². The molecular formula is C35H45N3O7S2. The molecule has 2 heterocycles. The number of allylic oxidation sites excluding steroid dienone is 6. The topological polar surface area (TPSA) is 161 Å². The quantitative estimate of drug-likeness (QED) is 0.108. The standard InChI is InChI=1S/C35H45N3O7S2/c1-34(2)27-15-10-11-16-29(27)37(23-13-14-24-46(40,41)42)31(34)17-7-5-8-18-32-35(3,4)28-25-26(47(43,44)45)20-21-30(28)38(32)22-12-6-9-19-33(36)39/h5,7-8,10-11,15-18,20-21,25H,6,9,12-14,19,22-24H2,1-4H3,(H3-,36,39,40,41,42,43,44,45). The molecule has 2 aliphatic heterocycles. The minimum Gasteiger partial charge on any atom is -0.744 e. The second-order valence-electron chi connectivity index (χ2n) is 13.2. The van der Waals surface area contributed by atoms with E-state index < -0.39 is 25.7 Å². The van der Waals surface area contributed by atoms with Crippen LogP contribution >= 0.6 is 0 Å². The molecule has 10 nitrogen and oxygen atoms in total. The number of para-hydroxylation sites is 1. The van der Waals surface area contributed by atoms with Crippen molar-refractivity contribution in [3.05, 3.63) is 89.7 Å². The van der Waals surface area contributed by atoms with Gasteiger partial charge in [-0.25, -0.2) is 8.42 Å². The molecule has 0 aliphatic carbocycles. The molecule has 0 unspecified atom stereocenters. The van der Waals surface area contributed by atoms with Gasteiger partial charge in [0.25, 0.3) is 10.1 Å². The molecule has 4 rings (SSSR count). The molecule has 0 bridgehead atoms. The summed E-state index contributed by atoms with van der Waals surface area (Å²) in [6, 6.07) is 12.7. The molecule has 254 valence electrons. The highest BCUT2D eigenvalue weighted by Crippen LogP contribution is 2.48. The van der Waals surface area contributed by atoms with Crippen LogP contribution in [0.25, 0.3) is 0 Å². The van der Waals surface area contributed by atoms with Crippen LogP contribution in [0.1, 0.15) is 77.3 Å². The first-order valence-electron chi connectivity index (χ1n) is 15.9.